The molecule has 0 unspecified atom stereocenters. The molecule has 5 heteroatoms. The standard InChI is InChI=1S/C10H8O5/c11-5-9(12)7-1-3-8(4-2-7)15-6-10(13)14/h1-5H,6H2,(H,13,14)/p-1. The van der Waals surface area contributed by atoms with Crippen LogP contribution in [-0.2, 0) is 9.59 Å². The predicted molar refractivity (Wildman–Crippen MR) is 47.3 cm³/mol. The molecule has 0 radical (unpaired) electrons. The van der Waals surface area contributed by atoms with Crippen molar-refractivity contribution < 1.29 is 24.2 Å². The number of carboxylic acids is 1. The smallest absolute Gasteiger partial charge is 0.225 e. The molecule has 0 aliphatic carbocycles. The molecule has 0 bridgehead atoms. The first-order valence-corrected chi connectivity index (χ1v) is 4.05. The fourth-order valence-electron chi connectivity index (χ4n) is 0.926. The minimum absolute atomic E-state index is 0.205. The normalized spacial score (nSPS) is 9.33. The maximum absolute atomic E-state index is 10.9. The fraction of sp³-hybridized carbons (Fsp3) is 0.100. The molecule has 0 saturated heterocycles. The highest BCUT2D eigenvalue weighted by Crippen LogP contribution is 2.11. The van der Waals surface area contributed by atoms with Crippen LogP contribution in [0.15, 0.2) is 24.3 Å². The first-order chi connectivity index (χ1) is 7.13. The van der Waals surface area contributed by atoms with E-state index in [1.54, 1.807) is 0 Å². The van der Waals surface area contributed by atoms with Gasteiger partial charge in [-0.3, -0.25) is 9.59 Å². The second kappa shape index (κ2) is 4.90. The van der Waals surface area contributed by atoms with Crippen LogP contribution >= 0.6 is 0 Å². The van der Waals surface area contributed by atoms with Gasteiger partial charge >= 0.3 is 0 Å². The van der Waals surface area contributed by atoms with Crippen LogP contribution < -0.4 is 9.84 Å². The number of aldehydes is 1. The molecule has 0 saturated carbocycles. The van der Waals surface area contributed by atoms with Gasteiger partial charge in [0.25, 0.3) is 0 Å². The zero-order chi connectivity index (χ0) is 11.3. The Hall–Kier alpha value is -2.17. The average molecular weight is 207 g/mol. The SMILES string of the molecule is O=CC(=O)c1ccc(OCC(=O)[O-])cc1. The summed E-state index contributed by atoms with van der Waals surface area (Å²) in [6.07, 6.45) is 0.205. The molecule has 1 aromatic carbocycles. The number of aliphatic carboxylic acids is 1. The minimum atomic E-state index is -1.33. The summed E-state index contributed by atoms with van der Waals surface area (Å²) >= 11 is 0. The van der Waals surface area contributed by atoms with Crippen molar-refractivity contribution in [1.82, 2.24) is 0 Å². The summed E-state index contributed by atoms with van der Waals surface area (Å²) in [6, 6.07) is 5.56. The molecular weight excluding hydrogens is 200 g/mol. The van der Waals surface area contributed by atoms with Crippen molar-refractivity contribution in [2.24, 2.45) is 0 Å². The maximum Gasteiger partial charge on any atom is 0.225 e. The van der Waals surface area contributed by atoms with Gasteiger partial charge in [-0.2, -0.15) is 0 Å². The first kappa shape index (κ1) is 10.9. The largest absolute Gasteiger partial charge is 0.546 e. The number of Topliss-reactive ketones (excluding diaryl/α,β-unsaturated/α-hetero) is 1. The molecule has 0 fully saturated rings. The molecule has 0 N–H and O–H groups in total. The predicted octanol–water partition coefficient (Wildman–Crippen LogP) is -0.803. The molecule has 0 amide bonds. The monoisotopic (exact) mass is 207 g/mol. The summed E-state index contributed by atoms with van der Waals surface area (Å²) < 4.78 is 4.77. The molecule has 0 heterocycles. The van der Waals surface area contributed by atoms with E-state index in [9.17, 15) is 19.5 Å². The number of ether oxygens (including phenoxy) is 1. The number of benzene rings is 1. The van der Waals surface area contributed by atoms with Crippen LogP contribution in [0.5, 0.6) is 5.75 Å². The lowest BCUT2D eigenvalue weighted by Gasteiger charge is -2.06. The third-order valence-corrected chi connectivity index (χ3v) is 1.60. The quantitative estimate of drug-likeness (QED) is 0.358. The van der Waals surface area contributed by atoms with Crippen LogP contribution in [0.2, 0.25) is 0 Å². The molecule has 78 valence electrons. The van der Waals surface area contributed by atoms with E-state index in [4.69, 9.17) is 4.74 Å². The topological polar surface area (TPSA) is 83.5 Å². The lowest BCUT2D eigenvalue weighted by molar-refractivity contribution is -0.307. The molecule has 1 aromatic rings. The summed E-state index contributed by atoms with van der Waals surface area (Å²) in [6.45, 7) is -0.555. The Morgan fingerprint density at radius 3 is 2.33 bits per heavy atom. The summed E-state index contributed by atoms with van der Waals surface area (Å²) in [7, 11) is 0. The number of hydrogen-bond acceptors (Lipinski definition) is 5. The zero-order valence-electron chi connectivity index (χ0n) is 7.64. The highest BCUT2D eigenvalue weighted by molar-refractivity contribution is 6.33. The van der Waals surface area contributed by atoms with Crippen LogP contribution in [-0.4, -0.2) is 24.6 Å². The van der Waals surface area contributed by atoms with Gasteiger partial charge in [0, 0.05) is 5.56 Å². The van der Waals surface area contributed by atoms with Crippen molar-refractivity contribution in [2.45, 2.75) is 0 Å². The van der Waals surface area contributed by atoms with Gasteiger partial charge in [0.05, 0.1) is 5.97 Å². The number of rotatable bonds is 5. The molecule has 0 aliphatic rings. The van der Waals surface area contributed by atoms with Crippen molar-refractivity contribution in [3.63, 3.8) is 0 Å². The van der Waals surface area contributed by atoms with E-state index < -0.39 is 18.4 Å². The van der Waals surface area contributed by atoms with E-state index in [2.05, 4.69) is 0 Å². The van der Waals surface area contributed by atoms with Gasteiger partial charge in [-0.05, 0) is 24.3 Å². The Bertz CT molecular complexity index is 379. The van der Waals surface area contributed by atoms with E-state index in [0.29, 0.717) is 5.75 Å². The Kier molecular flexibility index (Phi) is 3.56. The number of carboxylic acid groups (broad SMARTS) is 1. The lowest BCUT2D eigenvalue weighted by Crippen LogP contribution is -2.28. The van der Waals surface area contributed by atoms with Crippen molar-refractivity contribution in [2.75, 3.05) is 6.61 Å². The minimum Gasteiger partial charge on any atom is -0.546 e. The molecule has 0 spiro atoms. The summed E-state index contributed by atoms with van der Waals surface area (Å²) in [5.41, 5.74) is 0.228. The van der Waals surface area contributed by atoms with Gasteiger partial charge in [-0.25, -0.2) is 0 Å². The van der Waals surface area contributed by atoms with Crippen LogP contribution in [0.25, 0.3) is 0 Å². The summed E-state index contributed by atoms with van der Waals surface area (Å²) in [5, 5.41) is 10.1. The third-order valence-electron chi connectivity index (χ3n) is 1.60. The summed E-state index contributed by atoms with van der Waals surface area (Å²) in [4.78, 5) is 31.1. The van der Waals surface area contributed by atoms with E-state index in [0.717, 1.165) is 0 Å². The van der Waals surface area contributed by atoms with Gasteiger partial charge < -0.3 is 14.6 Å². The zero-order valence-corrected chi connectivity index (χ0v) is 7.64. The Balaban J connectivity index is 2.68. The maximum atomic E-state index is 10.9. The number of carbonyl (C=O) groups is 3. The molecule has 1 rings (SSSR count). The highest BCUT2D eigenvalue weighted by Gasteiger charge is 2.03. The van der Waals surface area contributed by atoms with E-state index >= 15 is 0 Å². The number of hydrogen-bond donors (Lipinski definition) is 0. The van der Waals surface area contributed by atoms with E-state index in [1.165, 1.54) is 24.3 Å². The van der Waals surface area contributed by atoms with Gasteiger partial charge in [-0.15, -0.1) is 0 Å². The molecule has 0 aromatic heterocycles. The van der Waals surface area contributed by atoms with E-state index in [1.807, 2.05) is 0 Å². The molecular formula is C10H7O5-. The molecule has 0 aliphatic heterocycles. The lowest BCUT2D eigenvalue weighted by atomic mass is 10.1. The number of carbonyl (C=O) groups excluding carboxylic acids is 3. The van der Waals surface area contributed by atoms with Crippen molar-refractivity contribution in [3.8, 4) is 5.75 Å². The van der Waals surface area contributed by atoms with Gasteiger partial charge in [0.1, 0.15) is 12.4 Å². The van der Waals surface area contributed by atoms with Crippen molar-refractivity contribution in [3.05, 3.63) is 29.8 Å². The molecule has 5 nitrogen and oxygen atoms in total. The second-order valence-corrected chi connectivity index (χ2v) is 2.67. The third kappa shape index (κ3) is 3.22. The molecule has 0 atom stereocenters. The van der Waals surface area contributed by atoms with Crippen molar-refractivity contribution in [1.29, 1.82) is 0 Å². The van der Waals surface area contributed by atoms with Gasteiger partial charge in [0.2, 0.25) is 5.78 Å². The van der Waals surface area contributed by atoms with Crippen LogP contribution in [0.4, 0.5) is 0 Å². The van der Waals surface area contributed by atoms with Gasteiger partial charge in [-0.1, -0.05) is 0 Å². The first-order valence-electron chi connectivity index (χ1n) is 4.05. The Labute approximate surface area is 85.3 Å². The fourth-order valence-corrected chi connectivity index (χ4v) is 0.926. The van der Waals surface area contributed by atoms with Crippen LogP contribution in [0.3, 0.4) is 0 Å². The Morgan fingerprint density at radius 1 is 1.27 bits per heavy atom. The number of ketones is 1. The average Bonchev–Trinajstić information content (AvgIpc) is 2.26. The highest BCUT2D eigenvalue weighted by atomic mass is 16.5. The van der Waals surface area contributed by atoms with Crippen LogP contribution in [0, 0.1) is 0 Å². The van der Waals surface area contributed by atoms with Gasteiger partial charge in [0.15, 0.2) is 6.29 Å². The van der Waals surface area contributed by atoms with Crippen LogP contribution in [0.1, 0.15) is 10.4 Å². The molecule has 15 heavy (non-hydrogen) atoms. The summed E-state index contributed by atoms with van der Waals surface area (Å²) in [5.74, 6) is -1.67. The Morgan fingerprint density at radius 2 is 1.87 bits per heavy atom. The van der Waals surface area contributed by atoms with E-state index in [-0.39, 0.29) is 11.8 Å². The van der Waals surface area contributed by atoms with Crippen molar-refractivity contribution >= 4 is 18.0 Å². The second-order valence-electron chi connectivity index (χ2n) is 2.67.